The average Bonchev–Trinajstić information content (AvgIpc) is 3.03. The third-order valence-corrected chi connectivity index (χ3v) is 4.17. The van der Waals surface area contributed by atoms with E-state index in [1.807, 2.05) is 18.3 Å². The molecule has 2 aliphatic heterocycles. The zero-order valence-electron chi connectivity index (χ0n) is 12.4. The largest absolute Gasteiger partial charge is 0.381 e. The van der Waals surface area contributed by atoms with Crippen LogP contribution in [0.15, 0.2) is 18.3 Å². The van der Waals surface area contributed by atoms with Crippen LogP contribution < -0.4 is 10.2 Å². The standard InChI is InChI=1S/C15H22N4O2/c1-18-5-7-19(8-6-18)13-2-3-14(16-10-13)17-15(20)12-4-9-21-11-12/h2-3,10,12H,4-9,11H2,1H3,(H,16,17,20). The number of aromatic nitrogens is 1. The Bertz CT molecular complexity index is 477. The lowest BCUT2D eigenvalue weighted by molar-refractivity contribution is -0.119. The van der Waals surface area contributed by atoms with Crippen molar-refractivity contribution < 1.29 is 9.53 Å². The molecule has 0 aliphatic carbocycles. The number of nitrogens with one attached hydrogen (secondary N) is 1. The van der Waals surface area contributed by atoms with Gasteiger partial charge in [-0.25, -0.2) is 4.98 Å². The molecule has 2 aliphatic rings. The second-order valence-electron chi connectivity index (χ2n) is 5.74. The van der Waals surface area contributed by atoms with Crippen LogP contribution in [0.3, 0.4) is 0 Å². The predicted molar refractivity (Wildman–Crippen MR) is 81.5 cm³/mol. The Kier molecular flexibility index (Phi) is 4.36. The highest BCUT2D eigenvalue weighted by molar-refractivity contribution is 5.92. The van der Waals surface area contributed by atoms with E-state index in [1.165, 1.54) is 0 Å². The normalized spacial score (nSPS) is 23.3. The van der Waals surface area contributed by atoms with Crippen LogP contribution in [0.2, 0.25) is 0 Å². The van der Waals surface area contributed by atoms with E-state index in [2.05, 4.69) is 27.1 Å². The summed E-state index contributed by atoms with van der Waals surface area (Å²) in [5, 5.41) is 2.86. The predicted octanol–water partition coefficient (Wildman–Crippen LogP) is 0.808. The van der Waals surface area contributed by atoms with E-state index in [4.69, 9.17) is 4.74 Å². The number of piperazine rings is 1. The summed E-state index contributed by atoms with van der Waals surface area (Å²) in [5.41, 5.74) is 1.12. The number of pyridine rings is 1. The van der Waals surface area contributed by atoms with Crippen molar-refractivity contribution in [1.82, 2.24) is 9.88 Å². The van der Waals surface area contributed by atoms with Gasteiger partial charge in [0.15, 0.2) is 0 Å². The number of likely N-dealkylation sites (N-methyl/N-ethyl adjacent to an activating group) is 1. The summed E-state index contributed by atoms with van der Waals surface area (Å²) in [6, 6.07) is 3.90. The zero-order valence-corrected chi connectivity index (χ0v) is 12.4. The lowest BCUT2D eigenvalue weighted by Crippen LogP contribution is -2.44. The van der Waals surface area contributed by atoms with Gasteiger partial charge in [-0.15, -0.1) is 0 Å². The van der Waals surface area contributed by atoms with Crippen LogP contribution in [0.4, 0.5) is 11.5 Å². The van der Waals surface area contributed by atoms with Crippen LogP contribution in [0.5, 0.6) is 0 Å². The van der Waals surface area contributed by atoms with Gasteiger partial charge in [0.1, 0.15) is 5.82 Å². The number of carbonyl (C=O) groups is 1. The summed E-state index contributed by atoms with van der Waals surface area (Å²) in [6.45, 7) is 5.37. The summed E-state index contributed by atoms with van der Waals surface area (Å²) in [4.78, 5) is 21.0. The lowest BCUT2D eigenvalue weighted by Gasteiger charge is -2.33. The summed E-state index contributed by atoms with van der Waals surface area (Å²) in [5.74, 6) is 0.584. The molecule has 0 radical (unpaired) electrons. The highest BCUT2D eigenvalue weighted by Gasteiger charge is 2.23. The van der Waals surface area contributed by atoms with Crippen molar-refractivity contribution in [3.8, 4) is 0 Å². The van der Waals surface area contributed by atoms with Gasteiger partial charge in [-0.05, 0) is 25.6 Å². The second-order valence-corrected chi connectivity index (χ2v) is 5.74. The maximum absolute atomic E-state index is 12.0. The first-order valence-electron chi connectivity index (χ1n) is 7.50. The Morgan fingerprint density at radius 1 is 1.33 bits per heavy atom. The van der Waals surface area contributed by atoms with Gasteiger partial charge in [-0.2, -0.15) is 0 Å². The van der Waals surface area contributed by atoms with E-state index < -0.39 is 0 Å². The number of anilines is 2. The SMILES string of the molecule is CN1CCN(c2ccc(NC(=O)C3CCOC3)nc2)CC1. The molecule has 114 valence electrons. The van der Waals surface area contributed by atoms with E-state index in [9.17, 15) is 4.79 Å². The van der Waals surface area contributed by atoms with Crippen LogP contribution in [-0.2, 0) is 9.53 Å². The van der Waals surface area contributed by atoms with Crippen LogP contribution in [0.1, 0.15) is 6.42 Å². The summed E-state index contributed by atoms with van der Waals surface area (Å²) >= 11 is 0. The molecule has 3 rings (SSSR count). The molecular formula is C15H22N4O2. The molecule has 0 spiro atoms. The van der Waals surface area contributed by atoms with E-state index in [0.717, 1.165) is 38.3 Å². The molecule has 6 heteroatoms. The number of carbonyl (C=O) groups excluding carboxylic acids is 1. The molecule has 6 nitrogen and oxygen atoms in total. The Morgan fingerprint density at radius 2 is 2.14 bits per heavy atom. The Labute approximate surface area is 125 Å². The average molecular weight is 290 g/mol. The van der Waals surface area contributed by atoms with Crippen molar-refractivity contribution in [2.24, 2.45) is 5.92 Å². The van der Waals surface area contributed by atoms with Gasteiger partial charge in [-0.3, -0.25) is 4.79 Å². The van der Waals surface area contributed by atoms with Crippen molar-refractivity contribution in [3.63, 3.8) is 0 Å². The van der Waals surface area contributed by atoms with Crippen molar-refractivity contribution in [2.45, 2.75) is 6.42 Å². The first-order valence-corrected chi connectivity index (χ1v) is 7.50. The Morgan fingerprint density at radius 3 is 2.76 bits per heavy atom. The fraction of sp³-hybridized carbons (Fsp3) is 0.600. The topological polar surface area (TPSA) is 57.7 Å². The fourth-order valence-electron chi connectivity index (χ4n) is 2.68. The van der Waals surface area contributed by atoms with Gasteiger partial charge in [-0.1, -0.05) is 0 Å². The number of rotatable bonds is 3. The molecule has 1 aromatic heterocycles. The molecule has 2 fully saturated rings. The third-order valence-electron chi connectivity index (χ3n) is 4.17. The highest BCUT2D eigenvalue weighted by Crippen LogP contribution is 2.18. The van der Waals surface area contributed by atoms with Gasteiger partial charge in [0, 0.05) is 32.8 Å². The molecule has 1 unspecified atom stereocenters. The summed E-state index contributed by atoms with van der Waals surface area (Å²) in [7, 11) is 2.14. The monoisotopic (exact) mass is 290 g/mol. The third kappa shape index (κ3) is 3.51. The van der Waals surface area contributed by atoms with Gasteiger partial charge in [0.25, 0.3) is 0 Å². The molecule has 3 heterocycles. The van der Waals surface area contributed by atoms with Crippen molar-refractivity contribution in [3.05, 3.63) is 18.3 Å². The lowest BCUT2D eigenvalue weighted by atomic mass is 10.1. The van der Waals surface area contributed by atoms with Gasteiger partial charge in [0.2, 0.25) is 5.91 Å². The zero-order chi connectivity index (χ0) is 14.7. The van der Waals surface area contributed by atoms with Crippen LogP contribution in [0, 0.1) is 5.92 Å². The maximum Gasteiger partial charge on any atom is 0.231 e. The molecule has 1 aromatic rings. The molecule has 1 atom stereocenters. The minimum Gasteiger partial charge on any atom is -0.381 e. The number of nitrogens with zero attached hydrogens (tertiary/aromatic N) is 3. The van der Waals surface area contributed by atoms with E-state index in [1.54, 1.807) is 0 Å². The van der Waals surface area contributed by atoms with Gasteiger partial charge >= 0.3 is 0 Å². The molecule has 0 aromatic carbocycles. The van der Waals surface area contributed by atoms with Gasteiger partial charge in [0.05, 0.1) is 24.4 Å². The van der Waals surface area contributed by atoms with Crippen molar-refractivity contribution >= 4 is 17.4 Å². The van der Waals surface area contributed by atoms with Crippen LogP contribution in [-0.4, -0.2) is 62.2 Å². The minimum absolute atomic E-state index is 0.00680. The van der Waals surface area contributed by atoms with E-state index in [-0.39, 0.29) is 11.8 Å². The smallest absolute Gasteiger partial charge is 0.231 e. The number of ether oxygens (including phenoxy) is 1. The second kappa shape index (κ2) is 6.41. The maximum atomic E-state index is 12.0. The molecule has 0 bridgehead atoms. The Hall–Kier alpha value is -1.66. The molecule has 21 heavy (non-hydrogen) atoms. The van der Waals surface area contributed by atoms with Crippen LogP contribution in [0.25, 0.3) is 0 Å². The summed E-state index contributed by atoms with van der Waals surface area (Å²) < 4.78 is 5.23. The molecule has 2 saturated heterocycles. The number of hydrogen-bond acceptors (Lipinski definition) is 5. The number of amides is 1. The molecule has 1 N–H and O–H groups in total. The number of hydrogen-bond donors (Lipinski definition) is 1. The first kappa shape index (κ1) is 14.3. The highest BCUT2D eigenvalue weighted by atomic mass is 16.5. The fourth-order valence-corrected chi connectivity index (χ4v) is 2.68. The Balaban J connectivity index is 1.57. The van der Waals surface area contributed by atoms with E-state index in [0.29, 0.717) is 19.0 Å². The van der Waals surface area contributed by atoms with E-state index >= 15 is 0 Å². The van der Waals surface area contributed by atoms with Gasteiger partial charge < -0.3 is 19.9 Å². The molecular weight excluding hydrogens is 268 g/mol. The minimum atomic E-state index is -0.0379. The van der Waals surface area contributed by atoms with Crippen LogP contribution >= 0.6 is 0 Å². The molecule has 0 saturated carbocycles. The first-order chi connectivity index (χ1) is 10.2. The van der Waals surface area contributed by atoms with Crippen molar-refractivity contribution in [1.29, 1.82) is 0 Å². The summed E-state index contributed by atoms with van der Waals surface area (Å²) in [6.07, 6.45) is 2.64. The van der Waals surface area contributed by atoms with Crippen molar-refractivity contribution in [2.75, 3.05) is 56.7 Å². The molecule has 1 amide bonds. The quantitative estimate of drug-likeness (QED) is 0.893.